The molecule has 3 aromatic rings. The highest BCUT2D eigenvalue weighted by Gasteiger charge is 2.25. The predicted octanol–water partition coefficient (Wildman–Crippen LogP) is 3.37. The van der Waals surface area contributed by atoms with Crippen LogP contribution in [0.25, 0.3) is 21.8 Å². The molecular formula is C20H23N5OS. The van der Waals surface area contributed by atoms with Gasteiger partial charge < -0.3 is 4.90 Å². The second-order valence-corrected chi connectivity index (χ2v) is 7.84. The zero-order valence-electron chi connectivity index (χ0n) is 15.6. The van der Waals surface area contributed by atoms with E-state index in [1.165, 1.54) is 11.3 Å². The van der Waals surface area contributed by atoms with Crippen LogP contribution in [0.3, 0.4) is 0 Å². The Morgan fingerprint density at radius 1 is 1.15 bits per heavy atom. The summed E-state index contributed by atoms with van der Waals surface area (Å²) in [5.41, 5.74) is 3.43. The van der Waals surface area contributed by atoms with E-state index >= 15 is 0 Å². The van der Waals surface area contributed by atoms with Crippen LogP contribution in [0.5, 0.6) is 0 Å². The van der Waals surface area contributed by atoms with Crippen LogP contribution in [0.1, 0.15) is 24.3 Å². The quantitative estimate of drug-likeness (QED) is 0.753. The average molecular weight is 382 g/mol. The van der Waals surface area contributed by atoms with Crippen molar-refractivity contribution in [3.8, 4) is 21.8 Å². The number of amides is 1. The lowest BCUT2D eigenvalue weighted by atomic mass is 10.1. The Bertz CT molecular complexity index is 909. The van der Waals surface area contributed by atoms with Crippen molar-refractivity contribution in [2.24, 2.45) is 0 Å². The molecule has 1 amide bonds. The van der Waals surface area contributed by atoms with E-state index in [0.29, 0.717) is 11.7 Å². The Morgan fingerprint density at radius 2 is 1.89 bits per heavy atom. The molecule has 3 heterocycles. The third-order valence-electron chi connectivity index (χ3n) is 4.99. The van der Waals surface area contributed by atoms with Gasteiger partial charge >= 0.3 is 0 Å². The van der Waals surface area contributed by atoms with E-state index in [4.69, 9.17) is 0 Å². The molecular weight excluding hydrogens is 358 g/mol. The molecule has 1 aliphatic heterocycles. The summed E-state index contributed by atoms with van der Waals surface area (Å²) >= 11 is 1.48. The van der Waals surface area contributed by atoms with Gasteiger partial charge in [-0.15, -0.1) is 11.3 Å². The minimum Gasteiger partial charge on any atom is -0.335 e. The number of piperazine rings is 1. The van der Waals surface area contributed by atoms with Gasteiger partial charge in [0.2, 0.25) is 0 Å². The Hall–Kier alpha value is -2.51. The summed E-state index contributed by atoms with van der Waals surface area (Å²) in [5.74, 6) is 0.0191. The second-order valence-electron chi connectivity index (χ2n) is 6.98. The summed E-state index contributed by atoms with van der Waals surface area (Å²) in [6.45, 7) is 7.73. The summed E-state index contributed by atoms with van der Waals surface area (Å²) < 4.78 is 0. The molecule has 1 saturated heterocycles. The molecule has 1 aromatic carbocycles. The fourth-order valence-electron chi connectivity index (χ4n) is 3.37. The van der Waals surface area contributed by atoms with Gasteiger partial charge in [-0.3, -0.25) is 14.8 Å². The average Bonchev–Trinajstić information content (AvgIpc) is 3.37. The lowest BCUT2D eigenvalue weighted by Crippen LogP contribution is -2.50. The van der Waals surface area contributed by atoms with Gasteiger partial charge in [-0.1, -0.05) is 30.3 Å². The highest BCUT2D eigenvalue weighted by molar-refractivity contribution is 7.13. The SMILES string of the molecule is CC(C)N1CCN(C(=O)c2csc(-c3cn[nH]c3-c3ccccc3)n2)CC1. The number of rotatable bonds is 4. The lowest BCUT2D eigenvalue weighted by molar-refractivity contribution is 0.0591. The first-order valence-corrected chi connectivity index (χ1v) is 10.1. The van der Waals surface area contributed by atoms with Crippen molar-refractivity contribution in [1.82, 2.24) is 25.0 Å². The van der Waals surface area contributed by atoms with Gasteiger partial charge in [-0.05, 0) is 13.8 Å². The third-order valence-corrected chi connectivity index (χ3v) is 5.86. The van der Waals surface area contributed by atoms with Crippen molar-refractivity contribution in [1.29, 1.82) is 0 Å². The number of benzene rings is 1. The molecule has 0 bridgehead atoms. The number of H-pyrrole nitrogens is 1. The van der Waals surface area contributed by atoms with Gasteiger partial charge in [0, 0.05) is 43.2 Å². The van der Waals surface area contributed by atoms with Crippen molar-refractivity contribution in [2.45, 2.75) is 19.9 Å². The first kappa shape index (κ1) is 17.9. The molecule has 0 unspecified atom stereocenters. The predicted molar refractivity (Wildman–Crippen MR) is 108 cm³/mol. The maximum Gasteiger partial charge on any atom is 0.273 e. The number of hydrogen-bond donors (Lipinski definition) is 1. The fraction of sp³-hybridized carbons (Fsp3) is 0.350. The van der Waals surface area contributed by atoms with E-state index in [2.05, 4.69) is 33.9 Å². The Labute approximate surface area is 162 Å². The number of aromatic amines is 1. The van der Waals surface area contributed by atoms with Gasteiger partial charge in [-0.2, -0.15) is 5.10 Å². The first-order chi connectivity index (χ1) is 13.1. The van der Waals surface area contributed by atoms with Crippen molar-refractivity contribution >= 4 is 17.2 Å². The summed E-state index contributed by atoms with van der Waals surface area (Å²) in [4.78, 5) is 21.8. The Kier molecular flexibility index (Phi) is 5.05. The maximum atomic E-state index is 12.8. The van der Waals surface area contributed by atoms with Gasteiger partial charge in [0.1, 0.15) is 10.7 Å². The van der Waals surface area contributed by atoms with E-state index < -0.39 is 0 Å². The van der Waals surface area contributed by atoms with E-state index in [-0.39, 0.29) is 5.91 Å². The lowest BCUT2D eigenvalue weighted by Gasteiger charge is -2.36. The molecule has 0 atom stereocenters. The minimum absolute atomic E-state index is 0.0191. The van der Waals surface area contributed by atoms with Crippen LogP contribution >= 0.6 is 11.3 Å². The third kappa shape index (κ3) is 3.65. The van der Waals surface area contributed by atoms with Crippen LogP contribution < -0.4 is 0 Å². The zero-order valence-corrected chi connectivity index (χ0v) is 16.4. The van der Waals surface area contributed by atoms with Crippen molar-refractivity contribution in [2.75, 3.05) is 26.2 Å². The topological polar surface area (TPSA) is 65.1 Å². The molecule has 0 radical (unpaired) electrons. The number of hydrogen-bond acceptors (Lipinski definition) is 5. The normalized spacial score (nSPS) is 15.4. The van der Waals surface area contributed by atoms with Gasteiger partial charge in [-0.25, -0.2) is 4.98 Å². The summed E-state index contributed by atoms with van der Waals surface area (Å²) in [7, 11) is 0. The summed E-state index contributed by atoms with van der Waals surface area (Å²) in [5, 5.41) is 9.91. The Morgan fingerprint density at radius 3 is 2.59 bits per heavy atom. The summed E-state index contributed by atoms with van der Waals surface area (Å²) in [6, 6.07) is 10.6. The van der Waals surface area contributed by atoms with E-state index in [1.807, 2.05) is 40.6 Å². The molecule has 0 spiro atoms. The van der Waals surface area contributed by atoms with Crippen LogP contribution in [0, 0.1) is 0 Å². The summed E-state index contributed by atoms with van der Waals surface area (Å²) in [6.07, 6.45) is 1.77. The van der Waals surface area contributed by atoms with Crippen LogP contribution in [0.4, 0.5) is 0 Å². The first-order valence-electron chi connectivity index (χ1n) is 9.21. The molecule has 1 fully saturated rings. The molecule has 1 aliphatic rings. The minimum atomic E-state index is 0.0191. The van der Waals surface area contributed by atoms with Crippen molar-refractivity contribution in [3.63, 3.8) is 0 Å². The molecule has 0 aliphatic carbocycles. The number of carbonyl (C=O) groups excluding carboxylic acids is 1. The molecule has 2 aromatic heterocycles. The van der Waals surface area contributed by atoms with Crippen LogP contribution in [0.2, 0.25) is 0 Å². The largest absolute Gasteiger partial charge is 0.335 e. The number of thiazole rings is 1. The Balaban J connectivity index is 1.52. The number of carbonyl (C=O) groups is 1. The van der Waals surface area contributed by atoms with Crippen LogP contribution in [0.15, 0.2) is 41.9 Å². The van der Waals surface area contributed by atoms with Crippen LogP contribution in [-0.4, -0.2) is 63.1 Å². The maximum absolute atomic E-state index is 12.8. The molecule has 7 heteroatoms. The van der Waals surface area contributed by atoms with Gasteiger partial charge in [0.05, 0.1) is 17.5 Å². The number of nitrogens with zero attached hydrogens (tertiary/aromatic N) is 4. The number of aromatic nitrogens is 3. The second kappa shape index (κ2) is 7.62. The highest BCUT2D eigenvalue weighted by Crippen LogP contribution is 2.32. The van der Waals surface area contributed by atoms with Gasteiger partial charge in [0.15, 0.2) is 0 Å². The molecule has 4 rings (SSSR count). The smallest absolute Gasteiger partial charge is 0.273 e. The monoisotopic (exact) mass is 381 g/mol. The van der Waals surface area contributed by atoms with E-state index in [9.17, 15) is 4.79 Å². The molecule has 0 saturated carbocycles. The fourth-order valence-corrected chi connectivity index (χ4v) is 4.18. The molecule has 6 nitrogen and oxygen atoms in total. The van der Waals surface area contributed by atoms with Crippen molar-refractivity contribution < 1.29 is 4.79 Å². The van der Waals surface area contributed by atoms with E-state index in [0.717, 1.165) is 48.0 Å². The standard InChI is InChI=1S/C20H23N5OS/c1-14(2)24-8-10-25(11-9-24)20(26)17-13-27-19(22-17)16-12-21-23-18(16)15-6-4-3-5-7-15/h3-7,12-14H,8-11H2,1-2H3,(H,21,23). The number of nitrogens with one attached hydrogen (secondary N) is 1. The van der Waals surface area contributed by atoms with Crippen LogP contribution in [-0.2, 0) is 0 Å². The molecule has 140 valence electrons. The van der Waals surface area contributed by atoms with E-state index in [1.54, 1.807) is 6.20 Å². The van der Waals surface area contributed by atoms with Gasteiger partial charge in [0.25, 0.3) is 5.91 Å². The highest BCUT2D eigenvalue weighted by atomic mass is 32.1. The molecule has 1 N–H and O–H groups in total. The molecule has 27 heavy (non-hydrogen) atoms. The zero-order chi connectivity index (χ0) is 18.8. The van der Waals surface area contributed by atoms with Crippen molar-refractivity contribution in [3.05, 3.63) is 47.6 Å².